The number of rotatable bonds is 7. The summed E-state index contributed by atoms with van der Waals surface area (Å²) in [6.45, 7) is 4.96. The fourth-order valence-corrected chi connectivity index (χ4v) is 3.10. The molecule has 1 heterocycles. The molecule has 2 rings (SSSR count). The van der Waals surface area contributed by atoms with Crippen LogP contribution in [-0.2, 0) is 20.9 Å². The Balaban J connectivity index is 1.70. The highest BCUT2D eigenvalue weighted by Crippen LogP contribution is 2.12. The quantitative estimate of drug-likeness (QED) is 0.693. The molecule has 6 nitrogen and oxygen atoms in total. The van der Waals surface area contributed by atoms with Crippen molar-refractivity contribution in [3.8, 4) is 0 Å². The summed E-state index contributed by atoms with van der Waals surface area (Å²) in [6, 6.07) is 8.17. The van der Waals surface area contributed by atoms with Crippen molar-refractivity contribution < 1.29 is 19.2 Å². The highest BCUT2D eigenvalue weighted by atomic mass is 16.5. The Hall–Kier alpha value is -2.08. The molecule has 1 aliphatic rings. The Kier molecular flexibility index (Phi) is 7.25. The normalized spacial score (nSPS) is 20.0. The maximum absolute atomic E-state index is 12.1. The first-order valence-corrected chi connectivity index (χ1v) is 9.02. The lowest BCUT2D eigenvalue weighted by Crippen LogP contribution is -3.14. The van der Waals surface area contributed by atoms with Gasteiger partial charge in [0.15, 0.2) is 6.54 Å². The second kappa shape index (κ2) is 9.42. The van der Waals surface area contributed by atoms with E-state index in [1.807, 2.05) is 50.2 Å². The summed E-state index contributed by atoms with van der Waals surface area (Å²) in [5.74, 6) is -0.0320. The molecular weight excluding hydrogens is 318 g/mol. The number of piperidine rings is 1. The smallest absolute Gasteiger partial charge is 0.309 e. The molecule has 25 heavy (non-hydrogen) atoms. The lowest BCUT2D eigenvalue weighted by Gasteiger charge is -2.27. The molecule has 1 amide bonds. The van der Waals surface area contributed by atoms with Crippen molar-refractivity contribution in [2.45, 2.75) is 26.3 Å². The molecule has 0 aromatic heterocycles. The van der Waals surface area contributed by atoms with Gasteiger partial charge in [0, 0.05) is 39.2 Å². The van der Waals surface area contributed by atoms with E-state index in [1.165, 1.54) is 4.90 Å². The number of quaternary nitrogens is 1. The van der Waals surface area contributed by atoms with E-state index in [0.29, 0.717) is 19.7 Å². The lowest BCUT2D eigenvalue weighted by molar-refractivity contribution is -0.897. The van der Waals surface area contributed by atoms with Crippen LogP contribution < -0.4 is 15.1 Å². The second-order valence-corrected chi connectivity index (χ2v) is 6.79. The highest BCUT2D eigenvalue weighted by molar-refractivity contribution is 5.77. The average molecular weight is 348 g/mol. The van der Waals surface area contributed by atoms with Crippen LogP contribution in [0.1, 0.15) is 25.3 Å². The van der Waals surface area contributed by atoms with Gasteiger partial charge in [-0.15, -0.1) is 0 Å². The zero-order valence-corrected chi connectivity index (χ0v) is 15.5. The topological polar surface area (TPSA) is 63.1 Å². The molecule has 0 radical (unpaired) electrons. The van der Waals surface area contributed by atoms with Crippen LogP contribution in [0.25, 0.3) is 0 Å². The molecule has 1 saturated heterocycles. The van der Waals surface area contributed by atoms with Crippen molar-refractivity contribution >= 4 is 17.6 Å². The Morgan fingerprint density at radius 3 is 2.40 bits per heavy atom. The summed E-state index contributed by atoms with van der Waals surface area (Å²) < 4.78 is 5.08. The van der Waals surface area contributed by atoms with E-state index in [-0.39, 0.29) is 17.8 Å². The van der Waals surface area contributed by atoms with Crippen molar-refractivity contribution in [2.75, 3.05) is 45.2 Å². The minimum Gasteiger partial charge on any atom is -0.466 e. The van der Waals surface area contributed by atoms with Gasteiger partial charge in [-0.2, -0.15) is 0 Å². The Morgan fingerprint density at radius 1 is 1.20 bits per heavy atom. The second-order valence-electron chi connectivity index (χ2n) is 6.79. The fraction of sp³-hybridized carbons (Fsp3) is 0.579. The minimum atomic E-state index is -0.0906. The third-order valence-corrected chi connectivity index (χ3v) is 4.67. The number of benzene rings is 1. The van der Waals surface area contributed by atoms with Crippen LogP contribution in [-0.4, -0.2) is 52.2 Å². The maximum Gasteiger partial charge on any atom is 0.309 e. The van der Waals surface area contributed by atoms with Crippen molar-refractivity contribution in [3.63, 3.8) is 0 Å². The molecule has 1 aliphatic heterocycles. The van der Waals surface area contributed by atoms with Gasteiger partial charge in [0.1, 0.15) is 0 Å². The van der Waals surface area contributed by atoms with Gasteiger partial charge in [-0.05, 0) is 24.6 Å². The molecule has 0 aliphatic carbocycles. The molecule has 138 valence electrons. The van der Waals surface area contributed by atoms with Gasteiger partial charge in [-0.25, -0.2) is 0 Å². The number of nitrogens with zero attached hydrogens (tertiary/aromatic N) is 1. The maximum atomic E-state index is 12.1. The third kappa shape index (κ3) is 6.05. The molecule has 1 aromatic rings. The zero-order valence-electron chi connectivity index (χ0n) is 15.5. The number of ether oxygens (including phenoxy) is 1. The average Bonchev–Trinajstić information content (AvgIpc) is 2.61. The van der Waals surface area contributed by atoms with Crippen LogP contribution in [0.5, 0.6) is 0 Å². The van der Waals surface area contributed by atoms with Crippen molar-refractivity contribution in [3.05, 3.63) is 29.8 Å². The standard InChI is InChI=1S/C19H29N3O3/c1-4-25-19(24)16-9-11-22(12-10-16)14-18(23)20-13-15-5-7-17(8-6-15)21(2)3/h5-8,16H,4,9-14H2,1-3H3,(H,20,23)/p+1. The summed E-state index contributed by atoms with van der Waals surface area (Å²) >= 11 is 0. The zero-order chi connectivity index (χ0) is 18.2. The number of carbonyl (C=O) groups excluding carboxylic acids is 2. The van der Waals surface area contributed by atoms with Crippen LogP contribution in [0.15, 0.2) is 24.3 Å². The number of nitrogens with one attached hydrogen (secondary N) is 2. The molecule has 0 bridgehead atoms. The van der Waals surface area contributed by atoms with E-state index in [0.717, 1.165) is 37.2 Å². The lowest BCUT2D eigenvalue weighted by atomic mass is 9.97. The number of hydrogen-bond acceptors (Lipinski definition) is 4. The van der Waals surface area contributed by atoms with E-state index in [4.69, 9.17) is 4.74 Å². The first kappa shape index (κ1) is 19.2. The van der Waals surface area contributed by atoms with Crippen LogP contribution in [0.3, 0.4) is 0 Å². The Morgan fingerprint density at radius 2 is 1.84 bits per heavy atom. The number of likely N-dealkylation sites (tertiary alicyclic amines) is 1. The predicted molar refractivity (Wildman–Crippen MR) is 97.5 cm³/mol. The highest BCUT2D eigenvalue weighted by Gasteiger charge is 2.29. The van der Waals surface area contributed by atoms with Gasteiger partial charge >= 0.3 is 5.97 Å². The van der Waals surface area contributed by atoms with Gasteiger partial charge in [0.25, 0.3) is 5.91 Å². The SMILES string of the molecule is CCOC(=O)C1CC[NH+](CC(=O)NCc2ccc(N(C)C)cc2)CC1. The molecule has 2 N–H and O–H groups in total. The largest absolute Gasteiger partial charge is 0.466 e. The number of amides is 1. The van der Waals surface area contributed by atoms with E-state index in [1.54, 1.807) is 0 Å². The third-order valence-electron chi connectivity index (χ3n) is 4.67. The molecule has 0 saturated carbocycles. The van der Waals surface area contributed by atoms with Crippen LogP contribution in [0.4, 0.5) is 5.69 Å². The molecule has 0 spiro atoms. The van der Waals surface area contributed by atoms with Crippen LogP contribution in [0, 0.1) is 5.92 Å². The molecule has 0 unspecified atom stereocenters. The molecule has 1 aromatic carbocycles. The summed E-state index contributed by atoms with van der Waals surface area (Å²) in [6.07, 6.45) is 1.60. The van der Waals surface area contributed by atoms with Gasteiger partial charge in [0.05, 0.1) is 25.6 Å². The van der Waals surface area contributed by atoms with Crippen molar-refractivity contribution in [2.24, 2.45) is 5.92 Å². The first-order valence-electron chi connectivity index (χ1n) is 9.02. The summed E-state index contributed by atoms with van der Waals surface area (Å²) in [5, 5.41) is 2.98. The van der Waals surface area contributed by atoms with E-state index in [2.05, 4.69) is 5.32 Å². The Labute approximate surface area is 150 Å². The van der Waals surface area contributed by atoms with Crippen molar-refractivity contribution in [1.29, 1.82) is 0 Å². The number of anilines is 1. The summed E-state index contributed by atoms with van der Waals surface area (Å²) in [4.78, 5) is 27.2. The predicted octanol–water partition coefficient (Wildman–Crippen LogP) is 0.227. The summed E-state index contributed by atoms with van der Waals surface area (Å²) in [5.41, 5.74) is 2.24. The Bertz CT molecular complexity index is 564. The van der Waals surface area contributed by atoms with Gasteiger partial charge in [-0.1, -0.05) is 12.1 Å². The van der Waals surface area contributed by atoms with Gasteiger partial charge in [-0.3, -0.25) is 9.59 Å². The summed E-state index contributed by atoms with van der Waals surface area (Å²) in [7, 11) is 4.01. The van der Waals surface area contributed by atoms with Crippen molar-refractivity contribution in [1.82, 2.24) is 5.32 Å². The molecular formula is C19H30N3O3+. The van der Waals surface area contributed by atoms with E-state index < -0.39 is 0 Å². The molecule has 6 heteroatoms. The first-order chi connectivity index (χ1) is 12.0. The monoisotopic (exact) mass is 348 g/mol. The molecule has 0 atom stereocenters. The number of carbonyl (C=O) groups is 2. The van der Waals surface area contributed by atoms with E-state index >= 15 is 0 Å². The molecule has 1 fully saturated rings. The fourth-order valence-electron chi connectivity index (χ4n) is 3.10. The van der Waals surface area contributed by atoms with E-state index in [9.17, 15) is 9.59 Å². The van der Waals surface area contributed by atoms with Crippen LogP contribution in [0.2, 0.25) is 0 Å². The van der Waals surface area contributed by atoms with Crippen LogP contribution >= 0.6 is 0 Å². The van der Waals surface area contributed by atoms with Gasteiger partial charge < -0.3 is 19.9 Å². The number of esters is 1. The number of hydrogen-bond donors (Lipinski definition) is 2. The minimum absolute atomic E-state index is 0.00183. The van der Waals surface area contributed by atoms with Gasteiger partial charge in [0.2, 0.25) is 0 Å².